The van der Waals surface area contributed by atoms with Gasteiger partial charge in [0.1, 0.15) is 0 Å². The smallest absolute Gasteiger partial charge is 0.343 e. The van der Waals surface area contributed by atoms with Gasteiger partial charge in [-0.15, -0.1) is 0 Å². The first-order chi connectivity index (χ1) is 14.1. The average Bonchev–Trinajstić information content (AvgIpc) is 2.70. The monoisotopic (exact) mass is 434 g/mol. The first-order valence-corrected chi connectivity index (χ1v) is 10.1. The van der Waals surface area contributed by atoms with Crippen LogP contribution in [0, 0.1) is 6.92 Å². The van der Waals surface area contributed by atoms with Crippen molar-refractivity contribution in [1.82, 2.24) is 0 Å². The molecule has 0 aliphatic heterocycles. The number of Topliss-reactive ketones (excluding diaryl/α,β-unsaturated/α-hetero) is 1. The Morgan fingerprint density at radius 1 is 0.967 bits per heavy atom. The predicted molar refractivity (Wildman–Crippen MR) is 110 cm³/mol. The lowest BCUT2D eigenvalue weighted by molar-refractivity contribution is -0.134. The molecule has 0 spiro atoms. The van der Waals surface area contributed by atoms with E-state index in [1.165, 1.54) is 58.6 Å². The number of ether oxygens (including phenoxy) is 3. The summed E-state index contributed by atoms with van der Waals surface area (Å²) in [5, 5.41) is 0. The van der Waals surface area contributed by atoms with E-state index in [9.17, 15) is 18.0 Å². The first kappa shape index (κ1) is 23.0. The van der Waals surface area contributed by atoms with Crippen molar-refractivity contribution >= 4 is 27.9 Å². The van der Waals surface area contributed by atoms with Crippen LogP contribution in [-0.4, -0.2) is 41.5 Å². The fourth-order valence-corrected chi connectivity index (χ4v) is 3.77. The van der Waals surface area contributed by atoms with Gasteiger partial charge in [0.2, 0.25) is 0 Å². The Bertz CT molecular complexity index is 1100. The highest BCUT2D eigenvalue weighted by atomic mass is 32.2. The third-order valence-corrected chi connectivity index (χ3v) is 5.31. The van der Waals surface area contributed by atoms with Crippen LogP contribution >= 0.6 is 0 Å². The normalized spacial score (nSPS) is 11.2. The molecule has 2 aromatic carbocycles. The van der Waals surface area contributed by atoms with Crippen LogP contribution in [0.1, 0.15) is 28.4 Å². The molecule has 0 aliphatic rings. The van der Waals surface area contributed by atoms with Gasteiger partial charge in [0.05, 0.1) is 26.9 Å². The van der Waals surface area contributed by atoms with Crippen molar-refractivity contribution in [2.45, 2.75) is 18.7 Å². The van der Waals surface area contributed by atoms with Gasteiger partial charge < -0.3 is 18.4 Å². The van der Waals surface area contributed by atoms with Crippen molar-refractivity contribution in [2.75, 3.05) is 21.3 Å². The summed E-state index contributed by atoms with van der Waals surface area (Å²) in [6.45, 7) is 3.05. The van der Waals surface area contributed by atoms with Crippen molar-refractivity contribution in [3.8, 4) is 17.2 Å². The SMILES string of the molecule is COC(=O)/C=C/c1cc(OC)c(OC)c(S(=O)(=O)Oc2cc(C)ccc2C(C)=O)c1. The fourth-order valence-electron chi connectivity index (χ4n) is 2.62. The standard InChI is InChI=1S/C21H22O8S/c1-13-6-8-16(14(2)22)17(10-13)29-30(24,25)19-12-15(7-9-20(23)27-4)11-18(26-3)21(19)28-5/h6-12H,1-5H3/b9-7+. The molecule has 0 bridgehead atoms. The highest BCUT2D eigenvalue weighted by Gasteiger charge is 2.27. The molecule has 0 saturated carbocycles. The molecule has 2 rings (SSSR count). The second-order valence-corrected chi connectivity index (χ2v) is 7.72. The second kappa shape index (κ2) is 9.45. The summed E-state index contributed by atoms with van der Waals surface area (Å²) < 4.78 is 46.5. The molecule has 0 saturated heterocycles. The van der Waals surface area contributed by atoms with Crippen molar-refractivity contribution in [1.29, 1.82) is 0 Å². The summed E-state index contributed by atoms with van der Waals surface area (Å²) in [6, 6.07) is 7.39. The van der Waals surface area contributed by atoms with Crippen molar-refractivity contribution in [3.05, 3.63) is 53.1 Å². The first-order valence-electron chi connectivity index (χ1n) is 8.71. The van der Waals surface area contributed by atoms with Gasteiger partial charge in [-0.1, -0.05) is 6.07 Å². The Labute approximate surface area is 175 Å². The molecule has 0 N–H and O–H groups in total. The van der Waals surface area contributed by atoms with E-state index in [2.05, 4.69) is 4.74 Å². The lowest BCUT2D eigenvalue weighted by Gasteiger charge is -2.16. The van der Waals surface area contributed by atoms with Crippen LogP contribution < -0.4 is 13.7 Å². The van der Waals surface area contributed by atoms with Crippen LogP contribution in [0.3, 0.4) is 0 Å². The fraction of sp³-hybridized carbons (Fsp3) is 0.238. The van der Waals surface area contributed by atoms with E-state index < -0.39 is 16.1 Å². The number of hydrogen-bond donors (Lipinski definition) is 0. The highest BCUT2D eigenvalue weighted by Crippen LogP contribution is 2.37. The highest BCUT2D eigenvalue weighted by molar-refractivity contribution is 7.87. The Hall–Kier alpha value is -3.33. The van der Waals surface area contributed by atoms with Gasteiger partial charge in [0, 0.05) is 6.08 Å². The third kappa shape index (κ3) is 5.18. The van der Waals surface area contributed by atoms with Crippen LogP contribution in [0.25, 0.3) is 6.08 Å². The number of rotatable bonds is 8. The van der Waals surface area contributed by atoms with Gasteiger partial charge in [-0.3, -0.25) is 4.79 Å². The van der Waals surface area contributed by atoms with Gasteiger partial charge in [0.25, 0.3) is 0 Å². The van der Waals surface area contributed by atoms with Gasteiger partial charge in [0.15, 0.2) is 27.9 Å². The molecular formula is C21H22O8S. The van der Waals surface area contributed by atoms with Gasteiger partial charge >= 0.3 is 16.1 Å². The zero-order valence-corrected chi connectivity index (χ0v) is 18.0. The average molecular weight is 434 g/mol. The molecule has 0 aromatic heterocycles. The van der Waals surface area contributed by atoms with Crippen LogP contribution in [-0.2, 0) is 19.6 Å². The molecule has 0 amide bonds. The summed E-state index contributed by atoms with van der Waals surface area (Å²) in [6.07, 6.45) is 2.49. The topological polar surface area (TPSA) is 105 Å². The maximum Gasteiger partial charge on any atom is 0.343 e. The van der Waals surface area contributed by atoms with Gasteiger partial charge in [-0.05, 0) is 55.3 Å². The minimum atomic E-state index is -4.44. The van der Waals surface area contributed by atoms with E-state index in [0.717, 1.165) is 6.08 Å². The number of benzene rings is 2. The lowest BCUT2D eigenvalue weighted by Crippen LogP contribution is -2.14. The molecular weight excluding hydrogens is 412 g/mol. The summed E-state index contributed by atoms with van der Waals surface area (Å²) in [5.74, 6) is -1.03. The summed E-state index contributed by atoms with van der Waals surface area (Å²) >= 11 is 0. The molecule has 0 heterocycles. The molecule has 0 atom stereocenters. The van der Waals surface area contributed by atoms with Gasteiger partial charge in [-0.2, -0.15) is 8.42 Å². The number of ketones is 1. The van der Waals surface area contributed by atoms with Crippen molar-refractivity contribution in [2.24, 2.45) is 0 Å². The number of carbonyl (C=O) groups is 2. The Balaban J connectivity index is 2.63. The molecule has 160 valence electrons. The number of hydrogen-bond acceptors (Lipinski definition) is 8. The quantitative estimate of drug-likeness (QED) is 0.270. The zero-order valence-electron chi connectivity index (χ0n) is 17.2. The molecule has 0 radical (unpaired) electrons. The minimum Gasteiger partial charge on any atom is -0.493 e. The van der Waals surface area contributed by atoms with E-state index in [0.29, 0.717) is 11.1 Å². The third-order valence-electron chi connectivity index (χ3n) is 4.07. The lowest BCUT2D eigenvalue weighted by atomic mass is 10.1. The predicted octanol–water partition coefficient (Wildman–Crippen LogP) is 3.17. The molecule has 0 fully saturated rings. The molecule has 8 nitrogen and oxygen atoms in total. The maximum absolute atomic E-state index is 13.1. The molecule has 0 unspecified atom stereocenters. The maximum atomic E-state index is 13.1. The number of aryl methyl sites for hydroxylation is 1. The Morgan fingerprint density at radius 2 is 1.67 bits per heavy atom. The van der Waals surface area contributed by atoms with Crippen LogP contribution in [0.15, 0.2) is 41.3 Å². The van der Waals surface area contributed by atoms with Crippen LogP contribution in [0.4, 0.5) is 0 Å². The van der Waals surface area contributed by atoms with Gasteiger partial charge in [-0.25, -0.2) is 4.79 Å². The summed E-state index contributed by atoms with van der Waals surface area (Å²) in [4.78, 5) is 22.9. The van der Waals surface area contributed by atoms with Crippen LogP contribution in [0.2, 0.25) is 0 Å². The number of esters is 1. The van der Waals surface area contributed by atoms with Crippen LogP contribution in [0.5, 0.6) is 17.2 Å². The zero-order chi connectivity index (χ0) is 22.5. The molecule has 9 heteroatoms. The van der Waals surface area contributed by atoms with E-state index in [-0.39, 0.29) is 33.5 Å². The molecule has 2 aromatic rings. The minimum absolute atomic E-state index is 0.0789. The van der Waals surface area contributed by atoms with Crippen molar-refractivity contribution in [3.63, 3.8) is 0 Å². The van der Waals surface area contributed by atoms with E-state index in [1.807, 2.05) is 0 Å². The van der Waals surface area contributed by atoms with E-state index in [1.54, 1.807) is 13.0 Å². The largest absolute Gasteiger partial charge is 0.493 e. The molecule has 30 heavy (non-hydrogen) atoms. The summed E-state index contributed by atoms with van der Waals surface area (Å²) in [7, 11) is -0.583. The number of methoxy groups -OCH3 is 3. The molecule has 0 aliphatic carbocycles. The Morgan fingerprint density at radius 3 is 2.23 bits per heavy atom. The number of carbonyl (C=O) groups excluding carboxylic acids is 2. The van der Waals surface area contributed by atoms with Crippen molar-refractivity contribution < 1.29 is 36.4 Å². The van der Waals surface area contributed by atoms with E-state index >= 15 is 0 Å². The van der Waals surface area contributed by atoms with E-state index in [4.69, 9.17) is 13.7 Å². The second-order valence-electron chi connectivity index (χ2n) is 6.20. The Kier molecular flexibility index (Phi) is 7.23. The summed E-state index contributed by atoms with van der Waals surface area (Å²) in [5.41, 5.74) is 1.16.